The number of ether oxygens (including phenoxy) is 2. The van der Waals surface area contributed by atoms with Crippen LogP contribution in [0.5, 0.6) is 11.5 Å². The maximum atomic E-state index is 5.78. The molecule has 0 radical (unpaired) electrons. The molecule has 0 N–H and O–H groups in total. The van der Waals surface area contributed by atoms with Crippen LogP contribution in [-0.2, 0) is 25.8 Å². The molecule has 1 atom stereocenters. The Kier molecular flexibility index (Phi) is 3.93. The monoisotopic (exact) mass is 349 g/mol. The molecule has 136 valence electrons. The van der Waals surface area contributed by atoms with E-state index in [1.54, 1.807) is 16.7 Å². The van der Waals surface area contributed by atoms with Crippen LogP contribution in [0.15, 0.2) is 24.3 Å². The largest absolute Gasteiger partial charge is 0.454 e. The summed E-state index contributed by atoms with van der Waals surface area (Å²) in [4.78, 5) is 2.64. The zero-order chi connectivity index (χ0) is 17.7. The van der Waals surface area contributed by atoms with Gasteiger partial charge in [0.1, 0.15) is 0 Å². The SMILES string of the molecule is CCCCc1cc2c(cc1C)CCN1Cc3c(ccc4c3OCO4)CC21. The van der Waals surface area contributed by atoms with Gasteiger partial charge in [0.15, 0.2) is 11.5 Å². The molecule has 0 saturated carbocycles. The van der Waals surface area contributed by atoms with E-state index in [0.717, 1.165) is 37.4 Å². The van der Waals surface area contributed by atoms with Gasteiger partial charge in [0.25, 0.3) is 0 Å². The molecule has 5 rings (SSSR count). The lowest BCUT2D eigenvalue weighted by Gasteiger charge is -2.42. The van der Waals surface area contributed by atoms with Crippen LogP contribution in [0.1, 0.15) is 59.2 Å². The molecule has 0 spiro atoms. The van der Waals surface area contributed by atoms with Crippen LogP contribution in [-0.4, -0.2) is 18.2 Å². The maximum absolute atomic E-state index is 5.78. The van der Waals surface area contributed by atoms with Gasteiger partial charge < -0.3 is 9.47 Å². The molecule has 26 heavy (non-hydrogen) atoms. The molecule has 0 bridgehead atoms. The first-order chi connectivity index (χ1) is 12.7. The third kappa shape index (κ3) is 2.52. The normalized spacial score (nSPS) is 20.5. The second-order valence-electron chi connectivity index (χ2n) is 7.96. The smallest absolute Gasteiger partial charge is 0.231 e. The lowest BCUT2D eigenvalue weighted by Crippen LogP contribution is -2.39. The molecule has 0 aliphatic carbocycles. The molecule has 3 heteroatoms. The summed E-state index contributed by atoms with van der Waals surface area (Å²) >= 11 is 0. The van der Waals surface area contributed by atoms with E-state index in [0.29, 0.717) is 12.8 Å². The molecule has 3 nitrogen and oxygen atoms in total. The topological polar surface area (TPSA) is 21.7 Å². The summed E-state index contributed by atoms with van der Waals surface area (Å²) in [6.45, 7) is 7.03. The Balaban J connectivity index is 1.52. The van der Waals surface area contributed by atoms with Gasteiger partial charge in [-0.15, -0.1) is 0 Å². The van der Waals surface area contributed by atoms with Crippen LogP contribution < -0.4 is 9.47 Å². The van der Waals surface area contributed by atoms with E-state index in [1.165, 1.54) is 36.0 Å². The number of aryl methyl sites for hydroxylation is 2. The van der Waals surface area contributed by atoms with Gasteiger partial charge in [0, 0.05) is 24.7 Å². The second-order valence-corrected chi connectivity index (χ2v) is 7.96. The number of fused-ring (bicyclic) bond motifs is 6. The highest BCUT2D eigenvalue weighted by molar-refractivity contribution is 5.54. The molecule has 2 aromatic carbocycles. The van der Waals surface area contributed by atoms with Gasteiger partial charge >= 0.3 is 0 Å². The Labute approximate surface area is 155 Å². The van der Waals surface area contributed by atoms with E-state index in [2.05, 4.69) is 43.0 Å². The predicted molar refractivity (Wildman–Crippen MR) is 103 cm³/mol. The lowest BCUT2D eigenvalue weighted by atomic mass is 9.81. The Bertz CT molecular complexity index is 858. The first-order valence-electron chi connectivity index (χ1n) is 10.0. The number of nitrogens with zero attached hydrogens (tertiary/aromatic N) is 1. The van der Waals surface area contributed by atoms with Crippen molar-refractivity contribution in [2.75, 3.05) is 13.3 Å². The van der Waals surface area contributed by atoms with Crippen molar-refractivity contribution in [3.05, 3.63) is 57.6 Å². The van der Waals surface area contributed by atoms with Crippen molar-refractivity contribution in [3.8, 4) is 11.5 Å². The Hall–Kier alpha value is -2.00. The van der Waals surface area contributed by atoms with E-state index < -0.39 is 0 Å². The first kappa shape index (κ1) is 16.2. The zero-order valence-electron chi connectivity index (χ0n) is 15.8. The third-order valence-corrected chi connectivity index (χ3v) is 6.38. The summed E-state index contributed by atoms with van der Waals surface area (Å²) in [5.41, 5.74) is 8.93. The van der Waals surface area contributed by atoms with Crippen molar-refractivity contribution in [3.63, 3.8) is 0 Å². The molecule has 0 saturated heterocycles. The zero-order valence-corrected chi connectivity index (χ0v) is 15.8. The fraction of sp³-hybridized carbons (Fsp3) is 0.478. The van der Waals surface area contributed by atoms with Crippen LogP contribution in [0, 0.1) is 6.92 Å². The fourth-order valence-corrected chi connectivity index (χ4v) is 4.89. The number of unbranched alkanes of at least 4 members (excludes halogenated alkanes) is 1. The van der Waals surface area contributed by atoms with E-state index in [4.69, 9.17) is 9.47 Å². The van der Waals surface area contributed by atoms with Crippen molar-refractivity contribution in [2.45, 2.75) is 58.5 Å². The quantitative estimate of drug-likeness (QED) is 0.800. The average molecular weight is 349 g/mol. The lowest BCUT2D eigenvalue weighted by molar-refractivity contribution is 0.151. The molecule has 1 unspecified atom stereocenters. The van der Waals surface area contributed by atoms with Crippen LogP contribution in [0.25, 0.3) is 0 Å². The number of hydrogen-bond donors (Lipinski definition) is 0. The maximum Gasteiger partial charge on any atom is 0.231 e. The Morgan fingerprint density at radius 2 is 2.08 bits per heavy atom. The fourth-order valence-electron chi connectivity index (χ4n) is 4.89. The minimum Gasteiger partial charge on any atom is -0.454 e. The summed E-state index contributed by atoms with van der Waals surface area (Å²) in [6, 6.07) is 9.83. The highest BCUT2D eigenvalue weighted by Crippen LogP contribution is 2.45. The highest BCUT2D eigenvalue weighted by atomic mass is 16.7. The van der Waals surface area contributed by atoms with Crippen molar-refractivity contribution in [2.24, 2.45) is 0 Å². The van der Waals surface area contributed by atoms with Crippen LogP contribution in [0.4, 0.5) is 0 Å². The Morgan fingerprint density at radius 3 is 2.96 bits per heavy atom. The minimum absolute atomic E-state index is 0.359. The first-order valence-corrected chi connectivity index (χ1v) is 10.0. The summed E-state index contributed by atoms with van der Waals surface area (Å²) in [5, 5.41) is 0. The summed E-state index contributed by atoms with van der Waals surface area (Å²) < 4.78 is 11.4. The van der Waals surface area contributed by atoms with Gasteiger partial charge in [-0.2, -0.15) is 0 Å². The van der Waals surface area contributed by atoms with Crippen molar-refractivity contribution < 1.29 is 9.47 Å². The van der Waals surface area contributed by atoms with E-state index in [9.17, 15) is 0 Å². The molecule has 0 fully saturated rings. The minimum atomic E-state index is 0.359. The standard InChI is InChI=1S/C23H27NO2/c1-3-4-5-16-11-19-18(10-15(16)2)8-9-24-13-20-17(12-21(19)24)6-7-22-23(20)26-14-25-22/h6-7,10-11,21H,3-5,8-9,12-14H2,1-2H3. The third-order valence-electron chi connectivity index (χ3n) is 6.38. The van der Waals surface area contributed by atoms with E-state index in [-0.39, 0.29) is 0 Å². The van der Waals surface area contributed by atoms with Crippen molar-refractivity contribution in [1.82, 2.24) is 4.90 Å². The van der Waals surface area contributed by atoms with Crippen LogP contribution >= 0.6 is 0 Å². The average Bonchev–Trinajstić information content (AvgIpc) is 3.14. The van der Waals surface area contributed by atoms with Gasteiger partial charge in [-0.3, -0.25) is 4.90 Å². The van der Waals surface area contributed by atoms with E-state index >= 15 is 0 Å². The summed E-state index contributed by atoms with van der Waals surface area (Å²) in [6.07, 6.45) is 5.97. The number of hydrogen-bond acceptors (Lipinski definition) is 3. The highest BCUT2D eigenvalue weighted by Gasteiger charge is 2.35. The van der Waals surface area contributed by atoms with Gasteiger partial charge in [0.2, 0.25) is 6.79 Å². The summed E-state index contributed by atoms with van der Waals surface area (Å²) in [7, 11) is 0. The molecular formula is C23H27NO2. The number of rotatable bonds is 3. The van der Waals surface area contributed by atoms with E-state index in [1.807, 2.05) is 0 Å². The molecule has 2 aromatic rings. The van der Waals surface area contributed by atoms with Crippen LogP contribution in [0.3, 0.4) is 0 Å². The van der Waals surface area contributed by atoms with Crippen LogP contribution in [0.2, 0.25) is 0 Å². The molecule has 3 heterocycles. The molecule has 3 aliphatic rings. The van der Waals surface area contributed by atoms with Gasteiger partial charge in [-0.1, -0.05) is 31.5 Å². The molecule has 0 aromatic heterocycles. The van der Waals surface area contributed by atoms with Crippen molar-refractivity contribution >= 4 is 0 Å². The Morgan fingerprint density at radius 1 is 1.15 bits per heavy atom. The molecule has 0 amide bonds. The summed E-state index contributed by atoms with van der Waals surface area (Å²) in [5.74, 6) is 1.90. The molecular weight excluding hydrogens is 322 g/mol. The number of benzene rings is 2. The van der Waals surface area contributed by atoms with Gasteiger partial charge in [0.05, 0.1) is 0 Å². The van der Waals surface area contributed by atoms with Crippen molar-refractivity contribution in [1.29, 1.82) is 0 Å². The molecule has 3 aliphatic heterocycles. The van der Waals surface area contributed by atoms with Gasteiger partial charge in [-0.25, -0.2) is 0 Å². The van der Waals surface area contributed by atoms with Gasteiger partial charge in [-0.05, 0) is 66.5 Å². The predicted octanol–water partition coefficient (Wildman–Crippen LogP) is 4.72. The second kappa shape index (κ2) is 6.31.